The van der Waals surface area contributed by atoms with Crippen molar-refractivity contribution in [2.75, 3.05) is 4.90 Å². The molecule has 108 valence electrons. The lowest BCUT2D eigenvalue weighted by molar-refractivity contribution is -0.116. The minimum Gasteiger partial charge on any atom is -0.478 e. The second-order valence-corrected chi connectivity index (χ2v) is 4.56. The smallest absolute Gasteiger partial charge is 0.335 e. The molecule has 0 aliphatic carbocycles. The van der Waals surface area contributed by atoms with Crippen molar-refractivity contribution in [1.29, 1.82) is 0 Å². The molecule has 1 amide bonds. The molecular weight excluding hydrogens is 273 g/mol. The van der Waals surface area contributed by atoms with Crippen molar-refractivity contribution in [3.05, 3.63) is 65.5 Å². The molecule has 0 saturated heterocycles. The molecule has 5 heteroatoms. The van der Waals surface area contributed by atoms with Gasteiger partial charge in [-0.1, -0.05) is 24.3 Å². The highest BCUT2D eigenvalue weighted by Crippen LogP contribution is 2.21. The fraction of sp³-hybridized carbons (Fsp3) is 0.125. The van der Waals surface area contributed by atoms with Gasteiger partial charge in [-0.3, -0.25) is 4.79 Å². The number of rotatable bonds is 4. The molecule has 0 aliphatic rings. The van der Waals surface area contributed by atoms with E-state index in [0.717, 1.165) is 5.56 Å². The van der Waals surface area contributed by atoms with Crippen LogP contribution in [0, 0.1) is 5.82 Å². The summed E-state index contributed by atoms with van der Waals surface area (Å²) in [4.78, 5) is 23.8. The number of halogens is 1. The number of carbonyl (C=O) groups is 2. The number of amides is 1. The van der Waals surface area contributed by atoms with E-state index in [4.69, 9.17) is 5.11 Å². The van der Waals surface area contributed by atoms with E-state index in [1.54, 1.807) is 24.3 Å². The summed E-state index contributed by atoms with van der Waals surface area (Å²) in [5.74, 6) is -1.78. The Morgan fingerprint density at radius 3 is 2.24 bits per heavy atom. The third-order valence-electron chi connectivity index (χ3n) is 3.06. The van der Waals surface area contributed by atoms with Crippen LogP contribution in [0.3, 0.4) is 0 Å². The number of hydrogen-bond acceptors (Lipinski definition) is 2. The zero-order valence-electron chi connectivity index (χ0n) is 11.4. The van der Waals surface area contributed by atoms with Gasteiger partial charge in [0.1, 0.15) is 5.82 Å². The molecule has 2 aromatic carbocycles. The Bertz CT molecular complexity index is 667. The van der Waals surface area contributed by atoms with Crippen molar-refractivity contribution in [3.8, 4) is 0 Å². The minimum absolute atomic E-state index is 0.166. The largest absolute Gasteiger partial charge is 0.478 e. The van der Waals surface area contributed by atoms with Crippen LogP contribution in [0.5, 0.6) is 0 Å². The molecule has 2 rings (SSSR count). The molecule has 0 aliphatic heterocycles. The van der Waals surface area contributed by atoms with Crippen LogP contribution in [-0.4, -0.2) is 17.0 Å². The maximum atomic E-state index is 13.8. The Hall–Kier alpha value is -2.69. The fourth-order valence-corrected chi connectivity index (χ4v) is 1.97. The highest BCUT2D eigenvalue weighted by atomic mass is 19.1. The average molecular weight is 287 g/mol. The van der Waals surface area contributed by atoms with Crippen LogP contribution in [0.15, 0.2) is 48.5 Å². The van der Waals surface area contributed by atoms with Gasteiger partial charge in [-0.25, -0.2) is 9.18 Å². The summed E-state index contributed by atoms with van der Waals surface area (Å²) >= 11 is 0. The van der Waals surface area contributed by atoms with Gasteiger partial charge in [0.05, 0.1) is 17.8 Å². The average Bonchev–Trinajstić information content (AvgIpc) is 2.46. The lowest BCUT2D eigenvalue weighted by Gasteiger charge is -2.21. The molecular formula is C16H14FNO3. The van der Waals surface area contributed by atoms with Crippen LogP contribution in [0.25, 0.3) is 0 Å². The van der Waals surface area contributed by atoms with Crippen LogP contribution >= 0.6 is 0 Å². The van der Waals surface area contributed by atoms with E-state index in [0.29, 0.717) is 0 Å². The number of aromatic carboxylic acids is 1. The number of carboxylic acid groups (broad SMARTS) is 1. The molecule has 0 fully saturated rings. The summed E-state index contributed by atoms with van der Waals surface area (Å²) in [7, 11) is 0. The van der Waals surface area contributed by atoms with Gasteiger partial charge in [0.15, 0.2) is 0 Å². The molecule has 2 aromatic rings. The van der Waals surface area contributed by atoms with E-state index in [1.165, 1.54) is 36.1 Å². The van der Waals surface area contributed by atoms with Crippen molar-refractivity contribution in [2.24, 2.45) is 0 Å². The summed E-state index contributed by atoms with van der Waals surface area (Å²) < 4.78 is 13.8. The number of carbonyl (C=O) groups excluding carboxylic acids is 1. The van der Waals surface area contributed by atoms with Crippen molar-refractivity contribution in [2.45, 2.75) is 13.5 Å². The molecule has 0 aromatic heterocycles. The first-order chi connectivity index (χ1) is 9.99. The van der Waals surface area contributed by atoms with E-state index in [9.17, 15) is 14.0 Å². The fourth-order valence-electron chi connectivity index (χ4n) is 1.97. The van der Waals surface area contributed by atoms with Crippen molar-refractivity contribution < 1.29 is 19.1 Å². The maximum absolute atomic E-state index is 13.8. The van der Waals surface area contributed by atoms with Crippen LogP contribution in [0.4, 0.5) is 10.1 Å². The number of para-hydroxylation sites is 1. The zero-order valence-corrected chi connectivity index (χ0v) is 11.4. The molecule has 0 heterocycles. The highest BCUT2D eigenvalue weighted by Gasteiger charge is 2.16. The first kappa shape index (κ1) is 14.7. The molecule has 21 heavy (non-hydrogen) atoms. The Kier molecular flexibility index (Phi) is 4.33. The molecule has 0 bridgehead atoms. The topological polar surface area (TPSA) is 57.6 Å². The predicted molar refractivity (Wildman–Crippen MR) is 76.7 cm³/mol. The Labute approximate surface area is 121 Å². The molecule has 1 N–H and O–H groups in total. The lowest BCUT2D eigenvalue weighted by atomic mass is 10.1. The van der Waals surface area contributed by atoms with E-state index in [-0.39, 0.29) is 23.7 Å². The second-order valence-electron chi connectivity index (χ2n) is 4.56. The number of nitrogens with zero attached hydrogens (tertiary/aromatic N) is 1. The highest BCUT2D eigenvalue weighted by molar-refractivity contribution is 5.91. The number of benzene rings is 2. The number of hydrogen-bond donors (Lipinski definition) is 1. The first-order valence-electron chi connectivity index (χ1n) is 6.34. The van der Waals surface area contributed by atoms with Crippen molar-refractivity contribution >= 4 is 17.6 Å². The second kappa shape index (κ2) is 6.17. The Morgan fingerprint density at radius 1 is 1.10 bits per heavy atom. The third kappa shape index (κ3) is 3.45. The first-order valence-corrected chi connectivity index (χ1v) is 6.34. The number of carboxylic acids is 1. The molecule has 0 spiro atoms. The summed E-state index contributed by atoms with van der Waals surface area (Å²) in [5.41, 5.74) is 1.09. The predicted octanol–water partition coefficient (Wildman–Crippen LogP) is 3.08. The minimum atomic E-state index is -1.01. The molecule has 0 saturated carbocycles. The normalized spacial score (nSPS) is 10.2. The summed E-state index contributed by atoms with van der Waals surface area (Å²) in [6.07, 6.45) is 0. The van der Waals surface area contributed by atoms with Gasteiger partial charge in [0.2, 0.25) is 5.91 Å². The summed E-state index contributed by atoms with van der Waals surface area (Å²) in [6.45, 7) is 1.54. The van der Waals surface area contributed by atoms with Crippen molar-refractivity contribution in [3.63, 3.8) is 0 Å². The van der Waals surface area contributed by atoms with Gasteiger partial charge < -0.3 is 10.0 Å². The quantitative estimate of drug-likeness (QED) is 0.940. The standard InChI is InChI=1S/C16H14FNO3/c1-11(19)18(15-5-3-2-4-14(15)17)10-12-6-8-13(9-7-12)16(20)21/h2-9H,10H2,1H3,(H,20,21). The maximum Gasteiger partial charge on any atom is 0.335 e. The number of anilines is 1. The molecule has 0 atom stereocenters. The Morgan fingerprint density at radius 2 is 1.71 bits per heavy atom. The van der Waals surface area contributed by atoms with Gasteiger partial charge in [0, 0.05) is 6.92 Å². The van der Waals surface area contributed by atoms with Crippen LogP contribution in [0.1, 0.15) is 22.8 Å². The van der Waals surface area contributed by atoms with Crippen LogP contribution < -0.4 is 4.90 Å². The van der Waals surface area contributed by atoms with Crippen LogP contribution in [-0.2, 0) is 11.3 Å². The van der Waals surface area contributed by atoms with Crippen LogP contribution in [0.2, 0.25) is 0 Å². The lowest BCUT2D eigenvalue weighted by Crippen LogP contribution is -2.28. The molecule has 0 unspecified atom stereocenters. The summed E-state index contributed by atoms with van der Waals surface area (Å²) in [5, 5.41) is 8.85. The van der Waals surface area contributed by atoms with Gasteiger partial charge in [-0.05, 0) is 29.8 Å². The molecule has 4 nitrogen and oxygen atoms in total. The third-order valence-corrected chi connectivity index (χ3v) is 3.06. The van der Waals surface area contributed by atoms with E-state index >= 15 is 0 Å². The van der Waals surface area contributed by atoms with Gasteiger partial charge in [-0.2, -0.15) is 0 Å². The van der Waals surface area contributed by atoms with Gasteiger partial charge in [-0.15, -0.1) is 0 Å². The van der Waals surface area contributed by atoms with Gasteiger partial charge >= 0.3 is 5.97 Å². The zero-order chi connectivity index (χ0) is 15.4. The molecule has 0 radical (unpaired) electrons. The van der Waals surface area contributed by atoms with E-state index in [2.05, 4.69) is 0 Å². The Balaban J connectivity index is 2.27. The van der Waals surface area contributed by atoms with Gasteiger partial charge in [0.25, 0.3) is 0 Å². The van der Waals surface area contributed by atoms with Crippen molar-refractivity contribution in [1.82, 2.24) is 0 Å². The summed E-state index contributed by atoms with van der Waals surface area (Å²) in [6, 6.07) is 12.2. The van der Waals surface area contributed by atoms with E-state index < -0.39 is 11.8 Å². The van der Waals surface area contributed by atoms with E-state index in [1.807, 2.05) is 0 Å². The monoisotopic (exact) mass is 287 g/mol. The SMILES string of the molecule is CC(=O)N(Cc1ccc(C(=O)O)cc1)c1ccccc1F.